The molecule has 1 amide bonds. The Kier molecular flexibility index (Phi) is 5.51. The zero-order valence-electron chi connectivity index (χ0n) is 12.5. The molecule has 2 aromatic rings. The van der Waals surface area contributed by atoms with Crippen LogP contribution in [0.3, 0.4) is 0 Å². The van der Waals surface area contributed by atoms with Gasteiger partial charge in [-0.15, -0.1) is 0 Å². The van der Waals surface area contributed by atoms with Gasteiger partial charge in [-0.25, -0.2) is 4.98 Å². The summed E-state index contributed by atoms with van der Waals surface area (Å²) in [5.74, 6) is 0.0405. The number of amides is 1. The van der Waals surface area contributed by atoms with Gasteiger partial charge in [0, 0.05) is 30.7 Å². The van der Waals surface area contributed by atoms with Crippen LogP contribution in [0.25, 0.3) is 5.69 Å². The lowest BCUT2D eigenvalue weighted by Crippen LogP contribution is -2.35. The molecule has 21 heavy (non-hydrogen) atoms. The molecule has 0 aliphatic heterocycles. The van der Waals surface area contributed by atoms with Gasteiger partial charge in [-0.3, -0.25) is 4.79 Å². The Balaban J connectivity index is 1.88. The van der Waals surface area contributed by atoms with Crippen LogP contribution in [0.2, 0.25) is 0 Å². The molecule has 0 aliphatic carbocycles. The second kappa shape index (κ2) is 7.59. The maximum Gasteiger partial charge on any atom is 0.233 e. The highest BCUT2D eigenvalue weighted by Crippen LogP contribution is 2.15. The molecular weight excluding hydrogens is 264 g/mol. The van der Waals surface area contributed by atoms with Crippen molar-refractivity contribution in [2.75, 3.05) is 13.1 Å². The summed E-state index contributed by atoms with van der Waals surface area (Å²) in [6, 6.07) is 8.36. The van der Waals surface area contributed by atoms with Crippen LogP contribution >= 0.6 is 0 Å². The number of aromatic nitrogens is 2. The first-order valence-electron chi connectivity index (χ1n) is 7.29. The molecule has 0 saturated heterocycles. The summed E-state index contributed by atoms with van der Waals surface area (Å²) in [6.45, 7) is 5.16. The molecular formula is C16H22N4O. The van der Waals surface area contributed by atoms with Gasteiger partial charge >= 0.3 is 0 Å². The highest BCUT2D eigenvalue weighted by molar-refractivity contribution is 5.77. The molecule has 0 spiro atoms. The number of hydrogen-bond acceptors (Lipinski definition) is 3. The average molecular weight is 286 g/mol. The fourth-order valence-corrected chi connectivity index (χ4v) is 2.04. The topological polar surface area (TPSA) is 59.0 Å². The summed E-state index contributed by atoms with van der Waals surface area (Å²) in [5.41, 5.74) is 2.23. The molecule has 0 radical (unpaired) electrons. The van der Waals surface area contributed by atoms with E-state index in [9.17, 15) is 4.79 Å². The third-order valence-corrected chi connectivity index (χ3v) is 3.34. The van der Waals surface area contributed by atoms with Gasteiger partial charge in [0.05, 0.1) is 12.9 Å². The summed E-state index contributed by atoms with van der Waals surface area (Å²) in [6.07, 6.45) is 6.40. The lowest BCUT2D eigenvalue weighted by Gasteiger charge is -2.14. The van der Waals surface area contributed by atoms with E-state index < -0.39 is 0 Å². The maximum absolute atomic E-state index is 11.6. The highest BCUT2D eigenvalue weighted by atomic mass is 16.1. The van der Waals surface area contributed by atoms with E-state index in [1.54, 1.807) is 12.5 Å². The van der Waals surface area contributed by atoms with Gasteiger partial charge < -0.3 is 15.2 Å². The number of carbonyl (C=O) groups excluding carboxylic acids is 1. The van der Waals surface area contributed by atoms with E-state index in [2.05, 4.69) is 34.7 Å². The predicted molar refractivity (Wildman–Crippen MR) is 83.3 cm³/mol. The standard InChI is InChI=1S/C16H22N4O/c1-3-8-18-16(21)11-19-13(2)14-4-6-15(7-5-14)20-10-9-17-12-20/h4-7,9-10,12-13,19H,3,8,11H2,1-2H3,(H,18,21). The van der Waals surface area contributed by atoms with Gasteiger partial charge in [-0.05, 0) is 31.0 Å². The normalized spacial score (nSPS) is 12.1. The van der Waals surface area contributed by atoms with Crippen molar-refractivity contribution in [1.82, 2.24) is 20.2 Å². The van der Waals surface area contributed by atoms with Crippen LogP contribution in [-0.4, -0.2) is 28.5 Å². The molecule has 0 aliphatic rings. The van der Waals surface area contributed by atoms with Gasteiger partial charge in [0.1, 0.15) is 0 Å². The Morgan fingerprint density at radius 3 is 2.71 bits per heavy atom. The van der Waals surface area contributed by atoms with Crippen molar-refractivity contribution in [3.63, 3.8) is 0 Å². The van der Waals surface area contributed by atoms with Gasteiger partial charge in [-0.1, -0.05) is 19.1 Å². The number of nitrogens with zero attached hydrogens (tertiary/aromatic N) is 2. The van der Waals surface area contributed by atoms with E-state index in [-0.39, 0.29) is 11.9 Å². The first-order valence-corrected chi connectivity index (χ1v) is 7.29. The molecule has 2 rings (SSSR count). The van der Waals surface area contributed by atoms with Crippen molar-refractivity contribution < 1.29 is 4.79 Å². The van der Waals surface area contributed by atoms with Crippen LogP contribution in [0, 0.1) is 0 Å². The molecule has 1 unspecified atom stereocenters. The second-order valence-electron chi connectivity index (χ2n) is 5.01. The Morgan fingerprint density at radius 1 is 1.33 bits per heavy atom. The Labute approximate surface area is 125 Å². The average Bonchev–Trinajstić information content (AvgIpc) is 3.05. The lowest BCUT2D eigenvalue weighted by molar-refractivity contribution is -0.120. The molecule has 1 atom stereocenters. The second-order valence-corrected chi connectivity index (χ2v) is 5.01. The molecule has 1 aromatic heterocycles. The summed E-state index contributed by atoms with van der Waals surface area (Å²) in [5, 5.41) is 6.09. The minimum atomic E-state index is 0.0405. The predicted octanol–water partition coefficient (Wildman–Crippen LogP) is 2.05. The minimum Gasteiger partial charge on any atom is -0.355 e. The minimum absolute atomic E-state index is 0.0405. The molecule has 0 fully saturated rings. The van der Waals surface area contributed by atoms with Crippen LogP contribution in [0.1, 0.15) is 31.9 Å². The molecule has 1 aromatic carbocycles. The van der Waals surface area contributed by atoms with E-state index >= 15 is 0 Å². The van der Waals surface area contributed by atoms with Crippen molar-refractivity contribution in [3.8, 4) is 5.69 Å². The van der Waals surface area contributed by atoms with E-state index in [0.717, 1.165) is 24.2 Å². The third kappa shape index (κ3) is 4.43. The fraction of sp³-hybridized carbons (Fsp3) is 0.375. The Morgan fingerprint density at radius 2 is 2.10 bits per heavy atom. The van der Waals surface area contributed by atoms with E-state index in [0.29, 0.717) is 6.54 Å². The molecule has 0 saturated carbocycles. The summed E-state index contributed by atoms with van der Waals surface area (Å²) < 4.78 is 1.96. The van der Waals surface area contributed by atoms with Crippen LogP contribution in [0.4, 0.5) is 0 Å². The van der Waals surface area contributed by atoms with Gasteiger partial charge in [-0.2, -0.15) is 0 Å². The van der Waals surface area contributed by atoms with Gasteiger partial charge in [0.2, 0.25) is 5.91 Å². The van der Waals surface area contributed by atoms with Gasteiger partial charge in [0.15, 0.2) is 0 Å². The molecule has 5 heteroatoms. The summed E-state index contributed by atoms with van der Waals surface area (Å²) in [7, 11) is 0. The Bertz CT molecular complexity index is 548. The first-order chi connectivity index (χ1) is 10.2. The molecule has 5 nitrogen and oxygen atoms in total. The highest BCUT2D eigenvalue weighted by Gasteiger charge is 2.07. The maximum atomic E-state index is 11.6. The number of hydrogen-bond donors (Lipinski definition) is 2. The SMILES string of the molecule is CCCNC(=O)CNC(C)c1ccc(-n2ccnc2)cc1. The van der Waals surface area contributed by atoms with E-state index in [4.69, 9.17) is 0 Å². The number of imidazole rings is 1. The van der Waals surface area contributed by atoms with Crippen LogP contribution < -0.4 is 10.6 Å². The van der Waals surface area contributed by atoms with Crippen LogP contribution in [0.15, 0.2) is 43.0 Å². The van der Waals surface area contributed by atoms with E-state index in [1.165, 1.54) is 0 Å². The Hall–Kier alpha value is -2.14. The molecule has 2 N–H and O–H groups in total. The number of carbonyl (C=O) groups is 1. The first kappa shape index (κ1) is 15.3. The van der Waals surface area contributed by atoms with Crippen LogP contribution in [0.5, 0.6) is 0 Å². The number of rotatable bonds is 7. The van der Waals surface area contributed by atoms with Crippen molar-refractivity contribution in [2.24, 2.45) is 0 Å². The van der Waals surface area contributed by atoms with E-state index in [1.807, 2.05) is 29.8 Å². The van der Waals surface area contributed by atoms with Crippen molar-refractivity contribution in [1.29, 1.82) is 0 Å². The number of benzene rings is 1. The fourth-order valence-electron chi connectivity index (χ4n) is 2.04. The number of nitrogens with one attached hydrogen (secondary N) is 2. The molecule has 112 valence electrons. The quantitative estimate of drug-likeness (QED) is 0.819. The lowest BCUT2D eigenvalue weighted by atomic mass is 10.1. The van der Waals surface area contributed by atoms with Crippen molar-refractivity contribution >= 4 is 5.91 Å². The van der Waals surface area contributed by atoms with Crippen molar-refractivity contribution in [3.05, 3.63) is 48.5 Å². The largest absolute Gasteiger partial charge is 0.355 e. The zero-order chi connectivity index (χ0) is 15.1. The third-order valence-electron chi connectivity index (χ3n) is 3.34. The summed E-state index contributed by atoms with van der Waals surface area (Å²) in [4.78, 5) is 15.6. The summed E-state index contributed by atoms with van der Waals surface area (Å²) >= 11 is 0. The zero-order valence-corrected chi connectivity index (χ0v) is 12.5. The van der Waals surface area contributed by atoms with Gasteiger partial charge in [0.25, 0.3) is 0 Å². The van der Waals surface area contributed by atoms with Crippen LogP contribution in [-0.2, 0) is 4.79 Å². The molecule has 1 heterocycles. The monoisotopic (exact) mass is 286 g/mol. The smallest absolute Gasteiger partial charge is 0.233 e. The van der Waals surface area contributed by atoms with Crippen molar-refractivity contribution in [2.45, 2.75) is 26.3 Å². The molecule has 0 bridgehead atoms.